The van der Waals surface area contributed by atoms with E-state index in [1.807, 2.05) is 26.0 Å². The average Bonchev–Trinajstić information content (AvgIpc) is 2.38. The molecule has 0 aromatic heterocycles. The molecular formula is C15H24N2O3S. The van der Waals surface area contributed by atoms with Gasteiger partial charge in [0.2, 0.25) is 10.0 Å². The van der Waals surface area contributed by atoms with Gasteiger partial charge in [-0.15, -0.1) is 0 Å². The van der Waals surface area contributed by atoms with Crippen LogP contribution >= 0.6 is 0 Å². The van der Waals surface area contributed by atoms with E-state index in [1.165, 1.54) is 0 Å². The van der Waals surface area contributed by atoms with Crippen molar-refractivity contribution in [2.75, 3.05) is 13.2 Å². The molecule has 0 bridgehead atoms. The normalized spacial score (nSPS) is 22.1. The molecule has 2 rings (SSSR count). The summed E-state index contributed by atoms with van der Waals surface area (Å²) in [7, 11) is -3.48. The van der Waals surface area contributed by atoms with Crippen LogP contribution in [0.3, 0.4) is 0 Å². The predicted molar refractivity (Wildman–Crippen MR) is 82.6 cm³/mol. The Bertz CT molecular complexity index is 567. The van der Waals surface area contributed by atoms with Gasteiger partial charge in [0, 0.05) is 12.6 Å². The van der Waals surface area contributed by atoms with Crippen molar-refractivity contribution in [3.63, 3.8) is 0 Å². The summed E-state index contributed by atoms with van der Waals surface area (Å²) in [6.45, 7) is 5.10. The molecule has 1 aromatic carbocycles. The molecule has 3 N–H and O–H groups in total. The summed E-state index contributed by atoms with van der Waals surface area (Å²) >= 11 is 0. The molecule has 1 heterocycles. The Kier molecular flexibility index (Phi) is 5.03. The molecule has 6 heteroatoms. The molecule has 5 nitrogen and oxygen atoms in total. The molecule has 1 aromatic rings. The maximum atomic E-state index is 12.4. The fraction of sp³-hybridized carbons (Fsp3) is 0.600. The molecule has 1 unspecified atom stereocenters. The minimum atomic E-state index is -3.48. The first-order valence-corrected chi connectivity index (χ1v) is 8.76. The molecule has 0 radical (unpaired) electrons. The number of hydrogen-bond acceptors (Lipinski definition) is 4. The Morgan fingerprint density at radius 2 is 2.00 bits per heavy atom. The van der Waals surface area contributed by atoms with Crippen molar-refractivity contribution in [2.24, 2.45) is 5.73 Å². The van der Waals surface area contributed by atoms with Crippen LogP contribution in [-0.4, -0.2) is 33.2 Å². The van der Waals surface area contributed by atoms with Crippen molar-refractivity contribution in [1.29, 1.82) is 0 Å². The zero-order valence-corrected chi connectivity index (χ0v) is 13.4. The lowest BCUT2D eigenvalue weighted by atomic mass is 9.95. The van der Waals surface area contributed by atoms with Crippen LogP contribution in [0.2, 0.25) is 0 Å². The van der Waals surface area contributed by atoms with Crippen LogP contribution in [0.15, 0.2) is 29.2 Å². The summed E-state index contributed by atoms with van der Waals surface area (Å²) in [6, 6.07) is 6.82. The monoisotopic (exact) mass is 312 g/mol. The highest BCUT2D eigenvalue weighted by Gasteiger charge is 2.31. The lowest BCUT2D eigenvalue weighted by Gasteiger charge is -2.35. The van der Waals surface area contributed by atoms with Gasteiger partial charge in [-0.1, -0.05) is 12.1 Å². The van der Waals surface area contributed by atoms with E-state index in [0.29, 0.717) is 30.9 Å². The maximum Gasteiger partial charge on any atom is 0.240 e. The zero-order valence-electron chi connectivity index (χ0n) is 12.6. The second kappa shape index (κ2) is 6.44. The lowest BCUT2D eigenvalue weighted by Crippen LogP contribution is -2.45. The highest BCUT2D eigenvalue weighted by Crippen LogP contribution is 2.25. The van der Waals surface area contributed by atoms with Gasteiger partial charge < -0.3 is 10.5 Å². The average molecular weight is 312 g/mol. The summed E-state index contributed by atoms with van der Waals surface area (Å²) in [5.74, 6) is 0. The lowest BCUT2D eigenvalue weighted by molar-refractivity contribution is -0.0599. The molecule has 118 valence electrons. The summed E-state index contributed by atoms with van der Waals surface area (Å²) < 4.78 is 33.2. The highest BCUT2D eigenvalue weighted by molar-refractivity contribution is 7.89. The van der Waals surface area contributed by atoms with Crippen LogP contribution in [0.5, 0.6) is 0 Å². The van der Waals surface area contributed by atoms with Crippen molar-refractivity contribution < 1.29 is 13.2 Å². The summed E-state index contributed by atoms with van der Waals surface area (Å²) in [6.07, 6.45) is 2.13. The van der Waals surface area contributed by atoms with E-state index in [0.717, 1.165) is 12.0 Å². The SMILES string of the molecule is CC1(C)CC(NS(=O)(=O)c2ccc(CCN)cc2)CCO1. The number of nitrogens with one attached hydrogen (secondary N) is 1. The number of sulfonamides is 1. The molecular weight excluding hydrogens is 288 g/mol. The van der Waals surface area contributed by atoms with Crippen molar-refractivity contribution in [3.8, 4) is 0 Å². The summed E-state index contributed by atoms with van der Waals surface area (Å²) in [5.41, 5.74) is 6.25. The van der Waals surface area contributed by atoms with Crippen LogP contribution < -0.4 is 10.5 Å². The van der Waals surface area contributed by atoms with Crippen LogP contribution in [0.25, 0.3) is 0 Å². The minimum Gasteiger partial charge on any atom is -0.375 e. The topological polar surface area (TPSA) is 81.4 Å². The van der Waals surface area contributed by atoms with Crippen LogP contribution in [0.4, 0.5) is 0 Å². The number of hydrogen-bond donors (Lipinski definition) is 2. The molecule has 1 atom stereocenters. The fourth-order valence-corrected chi connectivity index (χ4v) is 3.89. The van der Waals surface area contributed by atoms with Crippen molar-refractivity contribution in [3.05, 3.63) is 29.8 Å². The first kappa shape index (κ1) is 16.4. The fourth-order valence-electron chi connectivity index (χ4n) is 2.62. The molecule has 21 heavy (non-hydrogen) atoms. The third-order valence-electron chi connectivity index (χ3n) is 3.69. The van der Waals surface area contributed by atoms with E-state index < -0.39 is 10.0 Å². The van der Waals surface area contributed by atoms with E-state index in [-0.39, 0.29) is 11.6 Å². The van der Waals surface area contributed by atoms with E-state index >= 15 is 0 Å². The van der Waals surface area contributed by atoms with Gasteiger partial charge in [0.05, 0.1) is 10.5 Å². The Hall–Kier alpha value is -0.950. The van der Waals surface area contributed by atoms with E-state index in [1.54, 1.807) is 12.1 Å². The van der Waals surface area contributed by atoms with Gasteiger partial charge in [-0.25, -0.2) is 13.1 Å². The largest absolute Gasteiger partial charge is 0.375 e. The second-order valence-corrected chi connectivity index (χ2v) is 7.82. The Balaban J connectivity index is 2.07. The van der Waals surface area contributed by atoms with Gasteiger partial charge in [-0.2, -0.15) is 0 Å². The van der Waals surface area contributed by atoms with Gasteiger partial charge >= 0.3 is 0 Å². The highest BCUT2D eigenvalue weighted by atomic mass is 32.2. The standard InChI is InChI=1S/C15H24N2O3S/c1-15(2)11-13(8-10-20-15)17-21(18,19)14-5-3-12(4-6-14)7-9-16/h3-6,13,17H,7-11,16H2,1-2H3. The van der Waals surface area contributed by atoms with Gasteiger partial charge in [0.1, 0.15) is 0 Å². The third kappa shape index (κ3) is 4.51. The number of ether oxygens (including phenoxy) is 1. The van der Waals surface area contributed by atoms with Gasteiger partial charge in [-0.3, -0.25) is 0 Å². The summed E-state index contributed by atoms with van der Waals surface area (Å²) in [5, 5.41) is 0. The van der Waals surface area contributed by atoms with Crippen LogP contribution in [0.1, 0.15) is 32.3 Å². The molecule has 0 spiro atoms. The number of rotatable bonds is 5. The Labute approximate surface area is 126 Å². The predicted octanol–water partition coefficient (Wildman–Crippen LogP) is 1.42. The molecule has 1 fully saturated rings. The first-order valence-electron chi connectivity index (χ1n) is 7.28. The second-order valence-electron chi connectivity index (χ2n) is 6.10. The van der Waals surface area contributed by atoms with Crippen molar-refractivity contribution in [2.45, 2.75) is 49.6 Å². The Morgan fingerprint density at radius 3 is 2.57 bits per heavy atom. The van der Waals surface area contributed by atoms with Gasteiger partial charge in [-0.05, 0) is 57.4 Å². The van der Waals surface area contributed by atoms with Crippen LogP contribution in [-0.2, 0) is 21.2 Å². The van der Waals surface area contributed by atoms with E-state index in [2.05, 4.69) is 4.72 Å². The van der Waals surface area contributed by atoms with E-state index in [4.69, 9.17) is 10.5 Å². The first-order chi connectivity index (χ1) is 9.82. The minimum absolute atomic E-state index is 0.0810. The molecule has 1 saturated heterocycles. The van der Waals surface area contributed by atoms with Crippen LogP contribution in [0, 0.1) is 0 Å². The molecule has 0 saturated carbocycles. The number of benzene rings is 1. The smallest absolute Gasteiger partial charge is 0.240 e. The summed E-state index contributed by atoms with van der Waals surface area (Å²) in [4.78, 5) is 0.299. The quantitative estimate of drug-likeness (QED) is 0.861. The van der Waals surface area contributed by atoms with Gasteiger partial charge in [0.15, 0.2) is 0 Å². The maximum absolute atomic E-state index is 12.4. The zero-order chi connectivity index (χ0) is 15.5. The van der Waals surface area contributed by atoms with Crippen molar-refractivity contribution >= 4 is 10.0 Å². The number of nitrogens with two attached hydrogens (primary N) is 1. The van der Waals surface area contributed by atoms with E-state index in [9.17, 15) is 8.42 Å². The van der Waals surface area contributed by atoms with Crippen molar-refractivity contribution in [1.82, 2.24) is 4.72 Å². The molecule has 1 aliphatic heterocycles. The molecule has 1 aliphatic rings. The molecule has 0 amide bonds. The Morgan fingerprint density at radius 1 is 1.33 bits per heavy atom. The molecule has 0 aliphatic carbocycles. The van der Waals surface area contributed by atoms with Gasteiger partial charge in [0.25, 0.3) is 0 Å². The third-order valence-corrected chi connectivity index (χ3v) is 5.22.